The third-order valence-corrected chi connectivity index (χ3v) is 2.09. The monoisotopic (exact) mass is 195 g/mol. The number of hydrogen-bond donors (Lipinski definition) is 0. The average Bonchev–Trinajstić information content (AvgIpc) is 2.30. The van der Waals surface area contributed by atoms with Crippen LogP contribution in [0.5, 0.6) is 0 Å². The van der Waals surface area contributed by atoms with Crippen LogP contribution < -0.4 is 0 Å². The van der Waals surface area contributed by atoms with Crippen LogP contribution >= 0.6 is 0 Å². The van der Waals surface area contributed by atoms with Gasteiger partial charge in [0.1, 0.15) is 0 Å². The van der Waals surface area contributed by atoms with Gasteiger partial charge in [-0.25, -0.2) is 0 Å². The maximum atomic E-state index is 8.77. The SMILES string of the molecule is Cc1ccc(-c2cccc(C#N)c2)nn1. The van der Waals surface area contributed by atoms with Gasteiger partial charge < -0.3 is 0 Å². The molecule has 72 valence electrons. The van der Waals surface area contributed by atoms with E-state index in [4.69, 9.17) is 5.26 Å². The summed E-state index contributed by atoms with van der Waals surface area (Å²) in [6.45, 7) is 1.89. The second-order valence-electron chi connectivity index (χ2n) is 3.25. The Kier molecular flexibility index (Phi) is 2.42. The Hall–Kier alpha value is -2.21. The minimum absolute atomic E-state index is 0.634. The lowest BCUT2D eigenvalue weighted by molar-refractivity contribution is 0.987. The number of nitriles is 1. The first kappa shape index (κ1) is 9.35. The molecule has 0 bridgehead atoms. The summed E-state index contributed by atoms with van der Waals surface area (Å²) in [5, 5.41) is 16.8. The zero-order chi connectivity index (χ0) is 10.7. The van der Waals surface area contributed by atoms with Crippen LogP contribution in [0.1, 0.15) is 11.3 Å². The van der Waals surface area contributed by atoms with E-state index >= 15 is 0 Å². The van der Waals surface area contributed by atoms with Crippen LogP contribution in [0, 0.1) is 18.3 Å². The largest absolute Gasteiger partial charge is 0.192 e. The number of nitrogens with zero attached hydrogens (tertiary/aromatic N) is 3. The highest BCUT2D eigenvalue weighted by Gasteiger charge is 2.00. The highest BCUT2D eigenvalue weighted by atomic mass is 15.1. The lowest BCUT2D eigenvalue weighted by Gasteiger charge is -1.99. The van der Waals surface area contributed by atoms with Gasteiger partial charge in [-0.3, -0.25) is 0 Å². The molecule has 3 nitrogen and oxygen atoms in total. The Morgan fingerprint density at radius 3 is 2.67 bits per heavy atom. The van der Waals surface area contributed by atoms with Gasteiger partial charge in [0, 0.05) is 5.56 Å². The Balaban J connectivity index is 2.46. The number of rotatable bonds is 1. The van der Waals surface area contributed by atoms with E-state index in [0.29, 0.717) is 5.56 Å². The molecule has 0 saturated heterocycles. The molecule has 0 spiro atoms. The first-order chi connectivity index (χ1) is 7.29. The molecule has 2 rings (SSSR count). The minimum Gasteiger partial charge on any atom is -0.192 e. The quantitative estimate of drug-likeness (QED) is 0.701. The number of hydrogen-bond acceptors (Lipinski definition) is 3. The van der Waals surface area contributed by atoms with Gasteiger partial charge in [-0.15, -0.1) is 0 Å². The van der Waals surface area contributed by atoms with Crippen molar-refractivity contribution in [1.29, 1.82) is 5.26 Å². The van der Waals surface area contributed by atoms with Gasteiger partial charge in [-0.1, -0.05) is 12.1 Å². The van der Waals surface area contributed by atoms with Gasteiger partial charge in [-0.05, 0) is 31.2 Å². The fourth-order valence-corrected chi connectivity index (χ4v) is 1.30. The fourth-order valence-electron chi connectivity index (χ4n) is 1.30. The molecular weight excluding hydrogens is 186 g/mol. The van der Waals surface area contributed by atoms with Crippen LogP contribution in [0.4, 0.5) is 0 Å². The zero-order valence-electron chi connectivity index (χ0n) is 8.31. The van der Waals surface area contributed by atoms with Crippen molar-refractivity contribution in [2.75, 3.05) is 0 Å². The predicted octanol–water partition coefficient (Wildman–Crippen LogP) is 2.32. The summed E-state index contributed by atoms with van der Waals surface area (Å²) >= 11 is 0. The molecule has 0 aliphatic rings. The minimum atomic E-state index is 0.634. The van der Waals surface area contributed by atoms with Crippen LogP contribution in [0.3, 0.4) is 0 Å². The molecule has 1 aromatic carbocycles. The highest BCUT2D eigenvalue weighted by molar-refractivity contribution is 5.60. The Morgan fingerprint density at radius 2 is 2.00 bits per heavy atom. The molecule has 0 atom stereocenters. The van der Waals surface area contributed by atoms with Gasteiger partial charge in [0.15, 0.2) is 0 Å². The van der Waals surface area contributed by atoms with Gasteiger partial charge >= 0.3 is 0 Å². The third-order valence-electron chi connectivity index (χ3n) is 2.09. The van der Waals surface area contributed by atoms with Crippen LogP contribution in [-0.4, -0.2) is 10.2 Å². The Morgan fingerprint density at radius 1 is 1.13 bits per heavy atom. The average molecular weight is 195 g/mol. The normalized spacial score (nSPS) is 9.60. The molecule has 0 aliphatic heterocycles. The summed E-state index contributed by atoms with van der Waals surface area (Å²) in [6.07, 6.45) is 0. The smallest absolute Gasteiger partial charge is 0.0991 e. The predicted molar refractivity (Wildman–Crippen MR) is 56.9 cm³/mol. The second kappa shape index (κ2) is 3.89. The molecule has 1 aromatic heterocycles. The molecule has 3 heteroatoms. The van der Waals surface area contributed by atoms with Gasteiger partial charge in [0.25, 0.3) is 0 Å². The summed E-state index contributed by atoms with van der Waals surface area (Å²) in [7, 11) is 0. The maximum absolute atomic E-state index is 8.77. The van der Waals surface area contributed by atoms with Crippen molar-refractivity contribution in [3.05, 3.63) is 47.7 Å². The summed E-state index contributed by atoms with van der Waals surface area (Å²) in [5.41, 5.74) is 3.23. The van der Waals surface area contributed by atoms with E-state index in [2.05, 4.69) is 16.3 Å². The molecule has 0 N–H and O–H groups in total. The Bertz CT molecular complexity index is 509. The molecule has 15 heavy (non-hydrogen) atoms. The van der Waals surface area contributed by atoms with Crippen LogP contribution in [0.15, 0.2) is 36.4 Å². The standard InChI is InChI=1S/C12H9N3/c1-9-5-6-12(15-14-9)11-4-2-3-10(7-11)8-13/h2-7H,1H3. The topological polar surface area (TPSA) is 49.6 Å². The van der Waals surface area contributed by atoms with Crippen LogP contribution in [0.2, 0.25) is 0 Å². The van der Waals surface area contributed by atoms with Crippen molar-refractivity contribution in [3.8, 4) is 17.3 Å². The zero-order valence-corrected chi connectivity index (χ0v) is 8.31. The molecule has 0 radical (unpaired) electrons. The van der Waals surface area contributed by atoms with Crippen LogP contribution in [-0.2, 0) is 0 Å². The van der Waals surface area contributed by atoms with E-state index in [-0.39, 0.29) is 0 Å². The van der Waals surface area contributed by atoms with E-state index in [9.17, 15) is 0 Å². The van der Waals surface area contributed by atoms with Gasteiger partial charge in [0.2, 0.25) is 0 Å². The fraction of sp³-hybridized carbons (Fsp3) is 0.0833. The van der Waals surface area contributed by atoms with E-state index < -0.39 is 0 Å². The molecular formula is C12H9N3. The molecule has 0 aliphatic carbocycles. The van der Waals surface area contributed by atoms with Crippen LogP contribution in [0.25, 0.3) is 11.3 Å². The second-order valence-corrected chi connectivity index (χ2v) is 3.25. The summed E-state index contributed by atoms with van der Waals surface area (Å²) in [4.78, 5) is 0. The number of benzene rings is 1. The molecule has 0 amide bonds. The van der Waals surface area contributed by atoms with Gasteiger partial charge in [-0.2, -0.15) is 15.5 Å². The molecule has 0 fully saturated rings. The molecule has 1 heterocycles. The van der Waals surface area contributed by atoms with Crippen molar-refractivity contribution >= 4 is 0 Å². The van der Waals surface area contributed by atoms with E-state index in [1.54, 1.807) is 12.1 Å². The van der Waals surface area contributed by atoms with E-state index in [0.717, 1.165) is 17.0 Å². The molecule has 0 saturated carbocycles. The first-order valence-corrected chi connectivity index (χ1v) is 4.60. The molecule has 2 aromatic rings. The van der Waals surface area contributed by atoms with E-state index in [1.807, 2.05) is 31.2 Å². The summed E-state index contributed by atoms with van der Waals surface area (Å²) in [6, 6.07) is 13.2. The number of aromatic nitrogens is 2. The molecule has 0 unspecified atom stereocenters. The highest BCUT2D eigenvalue weighted by Crippen LogP contribution is 2.16. The summed E-state index contributed by atoms with van der Waals surface area (Å²) in [5.74, 6) is 0. The van der Waals surface area contributed by atoms with E-state index in [1.165, 1.54) is 0 Å². The van der Waals surface area contributed by atoms with Crippen molar-refractivity contribution in [2.24, 2.45) is 0 Å². The maximum Gasteiger partial charge on any atom is 0.0991 e. The summed E-state index contributed by atoms with van der Waals surface area (Å²) < 4.78 is 0. The van der Waals surface area contributed by atoms with Crippen molar-refractivity contribution < 1.29 is 0 Å². The lowest BCUT2D eigenvalue weighted by atomic mass is 10.1. The first-order valence-electron chi connectivity index (χ1n) is 4.60. The third kappa shape index (κ3) is 2.00. The van der Waals surface area contributed by atoms with Crippen molar-refractivity contribution in [1.82, 2.24) is 10.2 Å². The van der Waals surface area contributed by atoms with Gasteiger partial charge in [0.05, 0.1) is 23.0 Å². The van der Waals surface area contributed by atoms with Crippen molar-refractivity contribution in [3.63, 3.8) is 0 Å². The Labute approximate surface area is 88.0 Å². The van der Waals surface area contributed by atoms with Crippen molar-refractivity contribution in [2.45, 2.75) is 6.92 Å². The lowest BCUT2D eigenvalue weighted by Crippen LogP contribution is -1.89. The number of aryl methyl sites for hydroxylation is 1.